The summed E-state index contributed by atoms with van der Waals surface area (Å²) >= 11 is 13.9. The molecule has 0 bridgehead atoms. The molecule has 2 aromatic heterocycles. The number of unbranched alkanes of at least 4 members (excludes halogenated alkanes) is 3. The molecule has 0 aromatic carbocycles. The van der Waals surface area contributed by atoms with Crippen molar-refractivity contribution in [2.24, 2.45) is 0 Å². The van der Waals surface area contributed by atoms with Crippen molar-refractivity contribution in [3.8, 4) is 11.1 Å². The number of thiophene rings is 2. The second-order valence-corrected chi connectivity index (χ2v) is 24.3. The van der Waals surface area contributed by atoms with Gasteiger partial charge in [-0.2, -0.15) is 0 Å². The van der Waals surface area contributed by atoms with Crippen LogP contribution in [-0.2, 0) is 0 Å². The fourth-order valence-corrected chi connectivity index (χ4v) is 26.3. The average molecular weight is 524 g/mol. The van der Waals surface area contributed by atoms with Crippen LogP contribution in [0.5, 0.6) is 0 Å². The monoisotopic (exact) mass is 524 g/mol. The van der Waals surface area contributed by atoms with E-state index in [2.05, 4.69) is 38.3 Å². The Bertz CT molecular complexity index is 626. The first kappa shape index (κ1) is 22.1. The van der Waals surface area contributed by atoms with Gasteiger partial charge in [0.15, 0.2) is 0 Å². The molecular formula is C20H30Cl2S2Sn. The van der Waals surface area contributed by atoms with Crippen LogP contribution in [0.1, 0.15) is 59.3 Å². The van der Waals surface area contributed by atoms with E-state index in [0.29, 0.717) is 0 Å². The van der Waals surface area contributed by atoms with Crippen LogP contribution < -0.4 is 2.89 Å². The molecule has 0 nitrogen and oxygen atoms in total. The van der Waals surface area contributed by atoms with Crippen LogP contribution in [0.15, 0.2) is 17.5 Å². The van der Waals surface area contributed by atoms with Gasteiger partial charge in [-0.05, 0) is 0 Å². The van der Waals surface area contributed by atoms with Gasteiger partial charge in [0.1, 0.15) is 0 Å². The van der Waals surface area contributed by atoms with E-state index in [1.165, 1.54) is 63.0 Å². The fourth-order valence-electron chi connectivity index (χ4n) is 3.68. The molecule has 2 aromatic rings. The van der Waals surface area contributed by atoms with Crippen molar-refractivity contribution < 1.29 is 0 Å². The van der Waals surface area contributed by atoms with Crippen molar-refractivity contribution in [1.82, 2.24) is 0 Å². The van der Waals surface area contributed by atoms with Gasteiger partial charge in [0.2, 0.25) is 0 Å². The second-order valence-electron chi connectivity index (χ2n) is 7.02. The number of hydrogen-bond acceptors (Lipinski definition) is 2. The summed E-state index contributed by atoms with van der Waals surface area (Å²) in [7, 11) is 0. The number of rotatable bonds is 11. The van der Waals surface area contributed by atoms with Crippen LogP contribution in [0.3, 0.4) is 0 Å². The number of halogens is 2. The molecule has 2 heterocycles. The summed E-state index contributed by atoms with van der Waals surface area (Å²) < 4.78 is 7.98. The van der Waals surface area contributed by atoms with Crippen LogP contribution in [-0.4, -0.2) is 18.4 Å². The Labute approximate surface area is 175 Å². The van der Waals surface area contributed by atoms with Gasteiger partial charge in [-0.1, -0.05) is 0 Å². The van der Waals surface area contributed by atoms with Gasteiger partial charge in [-0.25, -0.2) is 0 Å². The first-order valence-electron chi connectivity index (χ1n) is 9.60. The van der Waals surface area contributed by atoms with Crippen molar-refractivity contribution in [2.45, 2.75) is 72.6 Å². The molecule has 0 aliphatic heterocycles. The normalized spacial score (nSPS) is 12.0. The van der Waals surface area contributed by atoms with Gasteiger partial charge in [0.05, 0.1) is 0 Å². The van der Waals surface area contributed by atoms with Crippen LogP contribution in [0.4, 0.5) is 0 Å². The second kappa shape index (κ2) is 10.9. The molecule has 0 aliphatic rings. The molecule has 25 heavy (non-hydrogen) atoms. The zero-order chi connectivity index (χ0) is 18.3. The molecule has 0 atom stereocenters. The van der Waals surface area contributed by atoms with Crippen molar-refractivity contribution in [3.05, 3.63) is 26.2 Å². The summed E-state index contributed by atoms with van der Waals surface area (Å²) in [5, 5.41) is 2.21. The Kier molecular flexibility index (Phi) is 9.66. The third kappa shape index (κ3) is 5.88. The quantitative estimate of drug-likeness (QED) is 0.258. The predicted octanol–water partition coefficient (Wildman–Crippen LogP) is 8.84. The van der Waals surface area contributed by atoms with Crippen molar-refractivity contribution in [1.29, 1.82) is 0 Å². The van der Waals surface area contributed by atoms with E-state index in [-0.39, 0.29) is 0 Å². The van der Waals surface area contributed by atoms with E-state index in [1.807, 2.05) is 11.3 Å². The molecule has 2 rings (SSSR count). The Morgan fingerprint density at radius 3 is 1.84 bits per heavy atom. The molecule has 140 valence electrons. The van der Waals surface area contributed by atoms with Crippen LogP contribution in [0.25, 0.3) is 11.1 Å². The Morgan fingerprint density at radius 1 is 0.840 bits per heavy atom. The standard InChI is InChI=1S/C8H3Cl2S2.3C4H9.Sn/c9-7-1-5(3-11-7)6-2-8(10)12-4-6;3*1-3-4-2;/h1-3H;3*1,3-4H2,2H3;. The van der Waals surface area contributed by atoms with Gasteiger partial charge in [0.25, 0.3) is 0 Å². The SMILES string of the molecule is CCC[CH2][Sn]([CH2]CCC)([CH2]CCC)[c]1sc(Cl)cc1-c1csc(Cl)c1. The summed E-state index contributed by atoms with van der Waals surface area (Å²) in [6, 6.07) is 4.35. The zero-order valence-corrected chi connectivity index (χ0v) is 21.7. The van der Waals surface area contributed by atoms with Crippen molar-refractivity contribution in [3.63, 3.8) is 0 Å². The third-order valence-corrected chi connectivity index (χ3v) is 25.8. The molecule has 0 amide bonds. The average Bonchev–Trinajstić information content (AvgIpc) is 3.20. The molecule has 0 aliphatic carbocycles. The Morgan fingerprint density at radius 2 is 1.40 bits per heavy atom. The van der Waals surface area contributed by atoms with Gasteiger partial charge < -0.3 is 0 Å². The molecule has 0 fully saturated rings. The first-order valence-corrected chi connectivity index (χ1v) is 19.5. The van der Waals surface area contributed by atoms with Crippen LogP contribution >= 0.6 is 45.9 Å². The maximum absolute atomic E-state index is 6.55. The summed E-state index contributed by atoms with van der Waals surface area (Å²) in [6.45, 7) is 6.99. The van der Waals surface area contributed by atoms with Gasteiger partial charge >= 0.3 is 177 Å². The van der Waals surface area contributed by atoms with E-state index < -0.39 is 18.4 Å². The van der Waals surface area contributed by atoms with E-state index in [9.17, 15) is 0 Å². The minimum atomic E-state index is -2.46. The minimum absolute atomic E-state index is 0.875. The molecule has 0 unspecified atom stereocenters. The van der Waals surface area contributed by atoms with Crippen LogP contribution in [0, 0.1) is 0 Å². The molecule has 0 spiro atoms. The van der Waals surface area contributed by atoms with Crippen molar-refractivity contribution >= 4 is 67.1 Å². The molecule has 0 N–H and O–H groups in total. The van der Waals surface area contributed by atoms with Crippen LogP contribution in [0.2, 0.25) is 22.0 Å². The van der Waals surface area contributed by atoms with E-state index in [1.54, 1.807) is 14.2 Å². The molecule has 0 saturated carbocycles. The van der Waals surface area contributed by atoms with E-state index in [4.69, 9.17) is 23.2 Å². The van der Waals surface area contributed by atoms with E-state index in [0.717, 1.165) is 8.67 Å². The molecule has 0 saturated heterocycles. The first-order chi connectivity index (χ1) is 12.1. The summed E-state index contributed by atoms with van der Waals surface area (Å²) in [6.07, 6.45) is 8.04. The third-order valence-electron chi connectivity index (χ3n) is 5.09. The Hall–Kier alpha value is 0.779. The summed E-state index contributed by atoms with van der Waals surface area (Å²) in [5.74, 6) is 0. The predicted molar refractivity (Wildman–Crippen MR) is 122 cm³/mol. The van der Waals surface area contributed by atoms with E-state index >= 15 is 0 Å². The van der Waals surface area contributed by atoms with Gasteiger partial charge in [0, 0.05) is 0 Å². The molecule has 5 heteroatoms. The van der Waals surface area contributed by atoms with Gasteiger partial charge in [-0.3, -0.25) is 0 Å². The number of hydrogen-bond donors (Lipinski definition) is 0. The molecular weight excluding hydrogens is 494 g/mol. The molecule has 0 radical (unpaired) electrons. The maximum atomic E-state index is 6.55. The Balaban J connectivity index is 2.50. The zero-order valence-electron chi connectivity index (χ0n) is 15.7. The topological polar surface area (TPSA) is 0 Å². The van der Waals surface area contributed by atoms with Gasteiger partial charge in [-0.15, -0.1) is 0 Å². The van der Waals surface area contributed by atoms with Crippen molar-refractivity contribution in [2.75, 3.05) is 0 Å². The fraction of sp³-hybridized carbons (Fsp3) is 0.600. The summed E-state index contributed by atoms with van der Waals surface area (Å²) in [4.78, 5) is 0. The summed E-state index contributed by atoms with van der Waals surface area (Å²) in [5.41, 5.74) is 2.70.